The maximum absolute atomic E-state index is 11.6. The summed E-state index contributed by atoms with van der Waals surface area (Å²) >= 11 is 0. The minimum atomic E-state index is -0.358. The molecule has 0 saturated carbocycles. The summed E-state index contributed by atoms with van der Waals surface area (Å²) in [5.41, 5.74) is 7.65. The van der Waals surface area contributed by atoms with E-state index in [2.05, 4.69) is 5.32 Å². The fourth-order valence-electron chi connectivity index (χ4n) is 1.28. The Morgan fingerprint density at radius 1 is 1.29 bits per heavy atom. The molecule has 17 heavy (non-hydrogen) atoms. The number of hydrogen-bond donors (Lipinski definition) is 2. The third-order valence-corrected chi connectivity index (χ3v) is 2.23. The van der Waals surface area contributed by atoms with Crippen LogP contribution in [0, 0.1) is 6.92 Å². The van der Waals surface area contributed by atoms with Gasteiger partial charge in [0, 0.05) is 12.1 Å². The van der Waals surface area contributed by atoms with Gasteiger partial charge in [-0.15, -0.1) is 12.4 Å². The van der Waals surface area contributed by atoms with E-state index >= 15 is 0 Å². The van der Waals surface area contributed by atoms with Crippen molar-refractivity contribution in [3.05, 3.63) is 35.4 Å². The Bertz CT molecular complexity index is 355. The summed E-state index contributed by atoms with van der Waals surface area (Å²) in [6, 6.07) is 7.97. The molecule has 0 aromatic heterocycles. The average molecular weight is 257 g/mol. The standard InChI is InChI=1S/C13H20N2O.ClH/c1-10-4-6-11(7-5-10)8-12(16)15-9-13(2,3)14;/h4-7H,8-9,14H2,1-3H3,(H,15,16);1H. The van der Waals surface area contributed by atoms with Crippen LogP contribution in [0.2, 0.25) is 0 Å². The van der Waals surface area contributed by atoms with Gasteiger partial charge in [-0.25, -0.2) is 0 Å². The molecule has 0 heterocycles. The topological polar surface area (TPSA) is 55.1 Å². The second-order valence-corrected chi connectivity index (χ2v) is 4.93. The SMILES string of the molecule is Cc1ccc(CC(=O)NCC(C)(C)N)cc1.Cl. The van der Waals surface area contributed by atoms with Crippen molar-refractivity contribution in [2.24, 2.45) is 5.73 Å². The zero-order valence-corrected chi connectivity index (χ0v) is 11.4. The van der Waals surface area contributed by atoms with Crippen molar-refractivity contribution < 1.29 is 4.79 Å². The first-order chi connectivity index (χ1) is 7.37. The summed E-state index contributed by atoms with van der Waals surface area (Å²) in [5.74, 6) is 0.0161. The predicted molar refractivity (Wildman–Crippen MR) is 73.4 cm³/mol. The van der Waals surface area contributed by atoms with Gasteiger partial charge in [-0.3, -0.25) is 4.79 Å². The maximum atomic E-state index is 11.6. The first-order valence-corrected chi connectivity index (χ1v) is 5.48. The van der Waals surface area contributed by atoms with E-state index in [1.165, 1.54) is 5.56 Å². The molecule has 3 nitrogen and oxygen atoms in total. The molecule has 1 aromatic rings. The Balaban J connectivity index is 0.00000256. The number of carbonyl (C=O) groups excluding carboxylic acids is 1. The average Bonchev–Trinajstić information content (AvgIpc) is 2.18. The second-order valence-electron chi connectivity index (χ2n) is 4.93. The van der Waals surface area contributed by atoms with Gasteiger partial charge in [0.2, 0.25) is 5.91 Å². The predicted octanol–water partition coefficient (Wildman–Crippen LogP) is 1.81. The lowest BCUT2D eigenvalue weighted by Gasteiger charge is -2.18. The van der Waals surface area contributed by atoms with Gasteiger partial charge in [0.15, 0.2) is 0 Å². The van der Waals surface area contributed by atoms with Gasteiger partial charge in [0.1, 0.15) is 0 Å². The fourth-order valence-corrected chi connectivity index (χ4v) is 1.28. The van der Waals surface area contributed by atoms with Crippen LogP contribution in [0.4, 0.5) is 0 Å². The fraction of sp³-hybridized carbons (Fsp3) is 0.462. The normalized spacial score (nSPS) is 10.6. The first-order valence-electron chi connectivity index (χ1n) is 5.48. The summed E-state index contributed by atoms with van der Waals surface area (Å²) in [5, 5.41) is 2.82. The molecule has 0 unspecified atom stereocenters. The lowest BCUT2D eigenvalue weighted by Crippen LogP contribution is -2.45. The van der Waals surface area contributed by atoms with Crippen molar-refractivity contribution in [1.29, 1.82) is 0 Å². The molecule has 0 spiro atoms. The zero-order chi connectivity index (χ0) is 12.2. The van der Waals surface area contributed by atoms with E-state index in [1.807, 2.05) is 45.0 Å². The van der Waals surface area contributed by atoms with Crippen LogP contribution in [0.5, 0.6) is 0 Å². The molecule has 3 N–H and O–H groups in total. The largest absolute Gasteiger partial charge is 0.354 e. The number of amides is 1. The lowest BCUT2D eigenvalue weighted by molar-refractivity contribution is -0.120. The molecular formula is C13H21ClN2O. The minimum absolute atomic E-state index is 0. The van der Waals surface area contributed by atoms with Gasteiger partial charge in [-0.05, 0) is 26.3 Å². The Kier molecular flexibility index (Phi) is 6.21. The van der Waals surface area contributed by atoms with Crippen LogP contribution < -0.4 is 11.1 Å². The maximum Gasteiger partial charge on any atom is 0.224 e. The van der Waals surface area contributed by atoms with Gasteiger partial charge in [-0.2, -0.15) is 0 Å². The highest BCUT2D eigenvalue weighted by atomic mass is 35.5. The van der Waals surface area contributed by atoms with E-state index in [1.54, 1.807) is 0 Å². The first kappa shape index (κ1) is 15.9. The Morgan fingerprint density at radius 2 is 1.82 bits per heavy atom. The lowest BCUT2D eigenvalue weighted by atomic mass is 10.1. The number of benzene rings is 1. The minimum Gasteiger partial charge on any atom is -0.354 e. The van der Waals surface area contributed by atoms with Crippen molar-refractivity contribution in [1.82, 2.24) is 5.32 Å². The van der Waals surface area contributed by atoms with E-state index in [0.717, 1.165) is 5.56 Å². The summed E-state index contributed by atoms with van der Waals surface area (Å²) in [6.45, 7) is 6.30. The Hall–Kier alpha value is -1.06. The highest BCUT2D eigenvalue weighted by Gasteiger charge is 2.12. The molecule has 1 rings (SSSR count). The summed E-state index contributed by atoms with van der Waals surface area (Å²) in [6.07, 6.45) is 0.413. The highest BCUT2D eigenvalue weighted by Crippen LogP contribution is 2.04. The molecule has 0 bridgehead atoms. The van der Waals surface area contributed by atoms with Gasteiger partial charge >= 0.3 is 0 Å². The number of hydrogen-bond acceptors (Lipinski definition) is 2. The summed E-state index contributed by atoms with van der Waals surface area (Å²) in [4.78, 5) is 11.6. The molecule has 0 fully saturated rings. The number of nitrogens with one attached hydrogen (secondary N) is 1. The Morgan fingerprint density at radius 3 is 2.29 bits per heavy atom. The molecule has 0 aliphatic heterocycles. The van der Waals surface area contributed by atoms with Crippen LogP contribution in [0.3, 0.4) is 0 Å². The van der Waals surface area contributed by atoms with E-state index in [4.69, 9.17) is 5.73 Å². The van der Waals surface area contributed by atoms with Crippen LogP contribution in [-0.4, -0.2) is 18.0 Å². The van der Waals surface area contributed by atoms with E-state index in [9.17, 15) is 4.79 Å². The molecule has 96 valence electrons. The van der Waals surface area contributed by atoms with Gasteiger partial charge in [0.25, 0.3) is 0 Å². The van der Waals surface area contributed by atoms with Gasteiger partial charge < -0.3 is 11.1 Å². The molecule has 0 radical (unpaired) electrons. The number of aryl methyl sites for hydroxylation is 1. The van der Waals surface area contributed by atoms with Crippen molar-refractivity contribution in [3.63, 3.8) is 0 Å². The molecular weight excluding hydrogens is 236 g/mol. The third kappa shape index (κ3) is 6.97. The molecule has 0 aliphatic carbocycles. The second kappa shape index (κ2) is 6.62. The van der Waals surface area contributed by atoms with E-state index in [0.29, 0.717) is 13.0 Å². The number of rotatable bonds is 4. The molecule has 1 aromatic carbocycles. The van der Waals surface area contributed by atoms with Crippen molar-refractivity contribution >= 4 is 18.3 Å². The summed E-state index contributed by atoms with van der Waals surface area (Å²) in [7, 11) is 0. The van der Waals surface area contributed by atoms with Crippen LogP contribution >= 0.6 is 12.4 Å². The molecule has 0 atom stereocenters. The molecule has 0 aliphatic rings. The molecule has 4 heteroatoms. The monoisotopic (exact) mass is 256 g/mol. The van der Waals surface area contributed by atoms with E-state index in [-0.39, 0.29) is 23.9 Å². The Labute approximate surface area is 109 Å². The van der Waals surface area contributed by atoms with E-state index < -0.39 is 0 Å². The zero-order valence-electron chi connectivity index (χ0n) is 10.6. The van der Waals surface area contributed by atoms with Crippen molar-refractivity contribution in [2.45, 2.75) is 32.7 Å². The van der Waals surface area contributed by atoms with Gasteiger partial charge in [-0.1, -0.05) is 29.8 Å². The van der Waals surface area contributed by atoms with Crippen LogP contribution in [0.25, 0.3) is 0 Å². The highest BCUT2D eigenvalue weighted by molar-refractivity contribution is 5.85. The molecule has 1 amide bonds. The van der Waals surface area contributed by atoms with Crippen LogP contribution in [-0.2, 0) is 11.2 Å². The number of halogens is 1. The number of carbonyl (C=O) groups is 1. The quantitative estimate of drug-likeness (QED) is 0.863. The summed E-state index contributed by atoms with van der Waals surface area (Å²) < 4.78 is 0. The molecule has 0 saturated heterocycles. The number of nitrogens with two attached hydrogens (primary N) is 1. The van der Waals surface area contributed by atoms with Crippen molar-refractivity contribution in [3.8, 4) is 0 Å². The van der Waals surface area contributed by atoms with Crippen molar-refractivity contribution in [2.75, 3.05) is 6.54 Å². The van der Waals surface area contributed by atoms with Crippen LogP contribution in [0.1, 0.15) is 25.0 Å². The smallest absolute Gasteiger partial charge is 0.224 e. The van der Waals surface area contributed by atoms with Gasteiger partial charge in [0.05, 0.1) is 6.42 Å². The van der Waals surface area contributed by atoms with Crippen LogP contribution in [0.15, 0.2) is 24.3 Å². The third-order valence-electron chi connectivity index (χ3n) is 2.23.